The lowest BCUT2D eigenvalue weighted by Crippen LogP contribution is -2.35. The summed E-state index contributed by atoms with van der Waals surface area (Å²) < 4.78 is 0. The van der Waals surface area contributed by atoms with Gasteiger partial charge in [-0.1, -0.05) is 0 Å². The SMILES string of the molecule is Cc1cc(C[C@H]2CCCN(Cc3cnnc(N)c3)C2)cc(C)n1. The normalized spacial score (nSPS) is 19.0. The van der Waals surface area contributed by atoms with E-state index in [4.69, 9.17) is 5.73 Å². The number of likely N-dealkylation sites (tertiary alicyclic amines) is 1. The third-order valence-corrected chi connectivity index (χ3v) is 4.40. The molecule has 1 aliphatic heterocycles. The monoisotopic (exact) mass is 311 g/mol. The average Bonchev–Trinajstić information content (AvgIpc) is 2.46. The Labute approximate surface area is 137 Å². The number of nitrogens with zero attached hydrogens (tertiary/aromatic N) is 4. The molecule has 2 N–H and O–H groups in total. The van der Waals surface area contributed by atoms with Crippen LogP contribution in [0.3, 0.4) is 0 Å². The van der Waals surface area contributed by atoms with Crippen molar-refractivity contribution < 1.29 is 0 Å². The Bertz CT molecular complexity index is 650. The quantitative estimate of drug-likeness (QED) is 0.939. The van der Waals surface area contributed by atoms with E-state index in [0.717, 1.165) is 43.0 Å². The summed E-state index contributed by atoms with van der Waals surface area (Å²) >= 11 is 0. The van der Waals surface area contributed by atoms with Gasteiger partial charge >= 0.3 is 0 Å². The molecule has 5 nitrogen and oxygen atoms in total. The molecule has 0 saturated carbocycles. The van der Waals surface area contributed by atoms with Crippen LogP contribution in [0.15, 0.2) is 24.4 Å². The highest BCUT2D eigenvalue weighted by Crippen LogP contribution is 2.23. The lowest BCUT2D eigenvalue weighted by atomic mass is 9.91. The molecule has 2 aromatic heterocycles. The minimum Gasteiger partial charge on any atom is -0.382 e. The van der Waals surface area contributed by atoms with Crippen molar-refractivity contribution in [2.45, 2.75) is 39.7 Å². The lowest BCUT2D eigenvalue weighted by molar-refractivity contribution is 0.167. The fourth-order valence-corrected chi connectivity index (χ4v) is 3.60. The van der Waals surface area contributed by atoms with Crippen molar-refractivity contribution in [2.75, 3.05) is 18.8 Å². The first-order valence-corrected chi connectivity index (χ1v) is 8.32. The van der Waals surface area contributed by atoms with Crippen molar-refractivity contribution in [1.29, 1.82) is 0 Å². The number of rotatable bonds is 4. The van der Waals surface area contributed by atoms with Crippen LogP contribution in [-0.4, -0.2) is 33.2 Å². The van der Waals surface area contributed by atoms with E-state index in [9.17, 15) is 0 Å². The molecule has 3 rings (SSSR count). The average molecular weight is 311 g/mol. The predicted molar refractivity (Wildman–Crippen MR) is 91.9 cm³/mol. The molecule has 23 heavy (non-hydrogen) atoms. The highest BCUT2D eigenvalue weighted by molar-refractivity contribution is 5.29. The number of hydrogen-bond donors (Lipinski definition) is 1. The van der Waals surface area contributed by atoms with Crippen molar-refractivity contribution in [3.8, 4) is 0 Å². The van der Waals surface area contributed by atoms with Crippen molar-refractivity contribution in [1.82, 2.24) is 20.1 Å². The number of aromatic nitrogens is 3. The van der Waals surface area contributed by atoms with E-state index in [1.54, 1.807) is 0 Å². The molecule has 5 heteroatoms. The van der Waals surface area contributed by atoms with Crippen LogP contribution in [-0.2, 0) is 13.0 Å². The Balaban J connectivity index is 1.61. The van der Waals surface area contributed by atoms with Crippen LogP contribution >= 0.6 is 0 Å². The van der Waals surface area contributed by atoms with Crippen LogP contribution in [0.2, 0.25) is 0 Å². The minimum atomic E-state index is 0.499. The van der Waals surface area contributed by atoms with Crippen LogP contribution < -0.4 is 5.73 Å². The van der Waals surface area contributed by atoms with E-state index in [2.05, 4.69) is 46.1 Å². The molecule has 1 saturated heterocycles. The van der Waals surface area contributed by atoms with Gasteiger partial charge in [0.25, 0.3) is 0 Å². The molecular formula is C18H25N5. The standard InChI is InChI=1S/C18H25N5/c1-13-6-16(7-14(2)21-13)8-15-4-3-5-23(11-15)12-17-9-18(19)22-20-10-17/h6-7,9-10,15H,3-5,8,11-12H2,1-2H3,(H2,19,22)/t15-/m1/s1. The zero-order chi connectivity index (χ0) is 16.2. The summed E-state index contributed by atoms with van der Waals surface area (Å²) in [6.45, 7) is 7.33. The molecule has 1 aliphatic rings. The van der Waals surface area contributed by atoms with E-state index in [-0.39, 0.29) is 0 Å². The number of pyridine rings is 1. The first kappa shape index (κ1) is 15.9. The molecule has 1 fully saturated rings. The van der Waals surface area contributed by atoms with Gasteiger partial charge in [-0.15, -0.1) is 5.10 Å². The van der Waals surface area contributed by atoms with E-state index in [1.807, 2.05) is 12.3 Å². The highest BCUT2D eigenvalue weighted by atomic mass is 15.1. The Hall–Kier alpha value is -2.01. The molecule has 3 heterocycles. The van der Waals surface area contributed by atoms with Gasteiger partial charge in [0, 0.05) is 24.5 Å². The molecule has 0 aromatic carbocycles. The number of anilines is 1. The smallest absolute Gasteiger partial charge is 0.146 e. The maximum atomic E-state index is 5.72. The predicted octanol–water partition coefficient (Wildman–Crippen LogP) is 2.53. The van der Waals surface area contributed by atoms with E-state index in [0.29, 0.717) is 11.7 Å². The lowest BCUT2D eigenvalue weighted by Gasteiger charge is -2.32. The molecule has 0 bridgehead atoms. The number of piperidine rings is 1. The van der Waals surface area contributed by atoms with Crippen molar-refractivity contribution >= 4 is 5.82 Å². The topological polar surface area (TPSA) is 67.9 Å². The summed E-state index contributed by atoms with van der Waals surface area (Å²) in [5.74, 6) is 1.20. The van der Waals surface area contributed by atoms with Crippen LogP contribution in [0.1, 0.15) is 35.4 Å². The second-order valence-corrected chi connectivity index (χ2v) is 6.69. The van der Waals surface area contributed by atoms with Crippen molar-refractivity contribution in [3.05, 3.63) is 46.9 Å². The summed E-state index contributed by atoms with van der Waals surface area (Å²) in [6, 6.07) is 6.37. The van der Waals surface area contributed by atoms with Crippen molar-refractivity contribution in [3.63, 3.8) is 0 Å². The molecule has 122 valence electrons. The van der Waals surface area contributed by atoms with Gasteiger partial charge in [-0.2, -0.15) is 5.10 Å². The summed E-state index contributed by atoms with van der Waals surface area (Å²) in [7, 11) is 0. The summed E-state index contributed by atoms with van der Waals surface area (Å²) in [5, 5.41) is 7.77. The van der Waals surface area contributed by atoms with Gasteiger partial charge in [0.15, 0.2) is 0 Å². The maximum absolute atomic E-state index is 5.72. The van der Waals surface area contributed by atoms with Gasteiger partial charge in [-0.05, 0) is 74.9 Å². The number of nitrogens with two attached hydrogens (primary N) is 1. The Kier molecular flexibility index (Phi) is 4.86. The number of aryl methyl sites for hydroxylation is 2. The van der Waals surface area contributed by atoms with E-state index >= 15 is 0 Å². The summed E-state index contributed by atoms with van der Waals surface area (Å²) in [5.41, 5.74) is 10.5. The van der Waals surface area contributed by atoms with Gasteiger partial charge in [-0.25, -0.2) is 0 Å². The molecule has 0 aliphatic carbocycles. The second-order valence-electron chi connectivity index (χ2n) is 6.69. The van der Waals surface area contributed by atoms with Gasteiger partial charge < -0.3 is 5.73 Å². The second kappa shape index (κ2) is 7.04. The van der Waals surface area contributed by atoms with Gasteiger partial charge in [0.05, 0.1) is 6.20 Å². The molecule has 0 unspecified atom stereocenters. The minimum absolute atomic E-state index is 0.499. The first-order chi connectivity index (χ1) is 11.1. The number of nitrogen functional groups attached to an aromatic ring is 1. The molecule has 2 aromatic rings. The largest absolute Gasteiger partial charge is 0.382 e. The van der Waals surface area contributed by atoms with Crippen molar-refractivity contribution in [2.24, 2.45) is 5.92 Å². The fraction of sp³-hybridized carbons (Fsp3) is 0.500. The maximum Gasteiger partial charge on any atom is 0.146 e. The molecule has 0 spiro atoms. The highest BCUT2D eigenvalue weighted by Gasteiger charge is 2.20. The molecule has 0 radical (unpaired) electrons. The van der Waals surface area contributed by atoms with Crippen LogP contribution in [0, 0.1) is 19.8 Å². The Morgan fingerprint density at radius 2 is 1.96 bits per heavy atom. The zero-order valence-electron chi connectivity index (χ0n) is 14.0. The molecule has 1 atom stereocenters. The van der Waals surface area contributed by atoms with E-state index in [1.165, 1.54) is 18.4 Å². The van der Waals surface area contributed by atoms with Crippen LogP contribution in [0.5, 0.6) is 0 Å². The van der Waals surface area contributed by atoms with Crippen LogP contribution in [0.4, 0.5) is 5.82 Å². The fourth-order valence-electron chi connectivity index (χ4n) is 3.60. The first-order valence-electron chi connectivity index (χ1n) is 8.32. The van der Waals surface area contributed by atoms with Gasteiger partial charge in [0.1, 0.15) is 5.82 Å². The molecular weight excluding hydrogens is 286 g/mol. The van der Waals surface area contributed by atoms with Gasteiger partial charge in [-0.3, -0.25) is 9.88 Å². The third-order valence-electron chi connectivity index (χ3n) is 4.40. The third kappa shape index (κ3) is 4.48. The number of hydrogen-bond acceptors (Lipinski definition) is 5. The van der Waals surface area contributed by atoms with E-state index < -0.39 is 0 Å². The Morgan fingerprint density at radius 3 is 2.70 bits per heavy atom. The summed E-state index contributed by atoms with van der Waals surface area (Å²) in [4.78, 5) is 6.98. The van der Waals surface area contributed by atoms with Gasteiger partial charge in [0.2, 0.25) is 0 Å². The van der Waals surface area contributed by atoms with Crippen LogP contribution in [0.25, 0.3) is 0 Å². The zero-order valence-corrected chi connectivity index (χ0v) is 14.0. The molecule has 0 amide bonds. The Morgan fingerprint density at radius 1 is 1.17 bits per heavy atom. The summed E-state index contributed by atoms with van der Waals surface area (Å²) in [6.07, 6.45) is 5.50.